The van der Waals surface area contributed by atoms with Crippen molar-refractivity contribution in [2.75, 3.05) is 13.1 Å². The lowest BCUT2D eigenvalue weighted by Gasteiger charge is -2.48. The normalized spacial score (nSPS) is 24.3. The summed E-state index contributed by atoms with van der Waals surface area (Å²) in [6.07, 6.45) is 3.68. The van der Waals surface area contributed by atoms with Crippen molar-refractivity contribution < 1.29 is 19.2 Å². The Kier molecular flexibility index (Phi) is 8.13. The van der Waals surface area contributed by atoms with Crippen molar-refractivity contribution in [3.05, 3.63) is 35.4 Å². The van der Waals surface area contributed by atoms with Crippen LogP contribution in [0, 0.1) is 12.8 Å². The van der Waals surface area contributed by atoms with Crippen LogP contribution in [0.15, 0.2) is 24.3 Å². The van der Waals surface area contributed by atoms with E-state index in [4.69, 9.17) is 0 Å². The third-order valence-electron chi connectivity index (χ3n) is 7.48. The number of aryl methyl sites for hydroxylation is 1. The molecular weight excluding hydrogens is 460 g/mol. The van der Waals surface area contributed by atoms with Crippen LogP contribution in [0.1, 0.15) is 63.5 Å². The van der Waals surface area contributed by atoms with Crippen LogP contribution in [0.25, 0.3) is 0 Å². The fraction of sp³-hybridized carbons (Fsp3) is 0.615. The fourth-order valence-electron chi connectivity index (χ4n) is 5.23. The second kappa shape index (κ2) is 11.3. The molecule has 3 N–H and O–H groups in total. The molecule has 3 fully saturated rings. The van der Waals surface area contributed by atoms with Crippen LogP contribution in [0.2, 0.25) is 0 Å². The number of carbonyl (C=O) groups excluding carboxylic acids is 4. The monoisotopic (exact) mass is 498 g/mol. The smallest absolute Gasteiger partial charge is 0.337 e. The standard InChI is InChI=1S/C26H38N6O4/c1-4-18(3)28-22(33)13-14-30-24(35)20-7-5-6-8-21(20)32-25(30)29-31(26(32)36)16-23(34)27-15-19-11-9-17(2)10-12-19/h9-12,18,20-21,25,29H,4-8,13-16H2,1-3H3,(H,27,34)(H,28,33). The molecule has 0 bridgehead atoms. The molecule has 2 saturated heterocycles. The molecule has 0 radical (unpaired) electrons. The largest absolute Gasteiger partial charge is 0.354 e. The predicted molar refractivity (Wildman–Crippen MR) is 134 cm³/mol. The van der Waals surface area contributed by atoms with Gasteiger partial charge < -0.3 is 15.5 Å². The van der Waals surface area contributed by atoms with Gasteiger partial charge in [-0.1, -0.05) is 49.6 Å². The average Bonchev–Trinajstić information content (AvgIpc) is 3.19. The zero-order valence-corrected chi connectivity index (χ0v) is 21.5. The number of hydrogen-bond donors (Lipinski definition) is 3. The number of rotatable bonds is 9. The van der Waals surface area contributed by atoms with Crippen LogP contribution in [-0.4, -0.2) is 70.0 Å². The van der Waals surface area contributed by atoms with Gasteiger partial charge in [0.2, 0.25) is 17.7 Å². The van der Waals surface area contributed by atoms with Crippen LogP contribution in [0.4, 0.5) is 4.79 Å². The summed E-state index contributed by atoms with van der Waals surface area (Å²) in [5, 5.41) is 7.09. The fourth-order valence-corrected chi connectivity index (χ4v) is 5.23. The Bertz CT molecular complexity index is 983. The molecule has 10 nitrogen and oxygen atoms in total. The SMILES string of the molecule is CCC(C)NC(=O)CCN1C(=O)C2CCCCC2N2C(=O)N(CC(=O)NCc3ccc(C)cc3)NC12. The number of fused-ring (bicyclic) bond motifs is 3. The Hall–Kier alpha value is -3.14. The average molecular weight is 499 g/mol. The van der Waals surface area contributed by atoms with E-state index in [-0.39, 0.29) is 61.3 Å². The van der Waals surface area contributed by atoms with Gasteiger partial charge in [0.05, 0.1) is 5.92 Å². The lowest BCUT2D eigenvalue weighted by molar-refractivity contribution is -0.156. The number of urea groups is 1. The molecule has 4 rings (SSSR count). The van der Waals surface area contributed by atoms with Gasteiger partial charge in [0.1, 0.15) is 6.54 Å². The molecule has 1 aromatic rings. The van der Waals surface area contributed by atoms with E-state index in [1.807, 2.05) is 45.0 Å². The minimum absolute atomic E-state index is 0.0248. The summed E-state index contributed by atoms with van der Waals surface area (Å²) in [6.45, 7) is 6.36. The third-order valence-corrected chi connectivity index (χ3v) is 7.48. The first-order valence-electron chi connectivity index (χ1n) is 13.1. The van der Waals surface area contributed by atoms with Gasteiger partial charge in [-0.25, -0.2) is 9.80 Å². The molecule has 1 saturated carbocycles. The van der Waals surface area contributed by atoms with E-state index in [0.717, 1.165) is 43.2 Å². The maximum Gasteiger partial charge on any atom is 0.337 e. The summed E-state index contributed by atoms with van der Waals surface area (Å²) in [6, 6.07) is 7.46. The molecule has 1 aromatic carbocycles. The Morgan fingerprint density at radius 3 is 2.56 bits per heavy atom. The molecule has 10 heteroatoms. The summed E-state index contributed by atoms with van der Waals surface area (Å²) in [4.78, 5) is 55.2. The molecule has 0 spiro atoms. The van der Waals surface area contributed by atoms with Gasteiger partial charge in [-0.3, -0.25) is 19.3 Å². The zero-order valence-electron chi connectivity index (χ0n) is 21.5. The van der Waals surface area contributed by atoms with Gasteiger partial charge in [0.25, 0.3) is 0 Å². The van der Waals surface area contributed by atoms with Gasteiger partial charge in [0, 0.05) is 31.6 Å². The van der Waals surface area contributed by atoms with E-state index in [1.165, 1.54) is 5.01 Å². The molecule has 4 unspecified atom stereocenters. The van der Waals surface area contributed by atoms with Gasteiger partial charge in [0.15, 0.2) is 6.29 Å². The van der Waals surface area contributed by atoms with Crippen molar-refractivity contribution in [3.8, 4) is 0 Å². The van der Waals surface area contributed by atoms with Gasteiger partial charge >= 0.3 is 6.03 Å². The number of nitrogens with zero attached hydrogens (tertiary/aromatic N) is 3. The van der Waals surface area contributed by atoms with Gasteiger partial charge in [-0.2, -0.15) is 5.43 Å². The molecule has 5 amide bonds. The highest BCUT2D eigenvalue weighted by atomic mass is 16.2. The highest BCUT2D eigenvalue weighted by molar-refractivity contribution is 5.88. The highest BCUT2D eigenvalue weighted by Crippen LogP contribution is 2.38. The molecule has 4 atom stereocenters. The van der Waals surface area contributed by atoms with E-state index in [9.17, 15) is 19.2 Å². The molecule has 1 aliphatic carbocycles. The number of amides is 5. The maximum absolute atomic E-state index is 13.4. The Morgan fingerprint density at radius 1 is 1.11 bits per heavy atom. The minimum atomic E-state index is -0.689. The quantitative estimate of drug-likeness (QED) is 0.481. The first kappa shape index (κ1) is 25.9. The van der Waals surface area contributed by atoms with Crippen molar-refractivity contribution >= 4 is 23.8 Å². The summed E-state index contributed by atoms with van der Waals surface area (Å²) in [5.74, 6) is -0.703. The van der Waals surface area contributed by atoms with Crippen molar-refractivity contribution in [1.29, 1.82) is 0 Å². The molecule has 196 valence electrons. The summed E-state index contributed by atoms with van der Waals surface area (Å²) in [7, 11) is 0. The number of carbonyl (C=O) groups is 4. The Balaban J connectivity index is 1.42. The highest BCUT2D eigenvalue weighted by Gasteiger charge is 2.54. The van der Waals surface area contributed by atoms with Crippen molar-refractivity contribution in [3.63, 3.8) is 0 Å². The first-order chi connectivity index (χ1) is 17.3. The van der Waals surface area contributed by atoms with E-state index < -0.39 is 6.29 Å². The van der Waals surface area contributed by atoms with Crippen molar-refractivity contribution in [2.24, 2.45) is 5.92 Å². The van der Waals surface area contributed by atoms with Crippen LogP contribution in [0.3, 0.4) is 0 Å². The maximum atomic E-state index is 13.4. The van der Waals surface area contributed by atoms with Crippen LogP contribution >= 0.6 is 0 Å². The summed E-state index contributed by atoms with van der Waals surface area (Å²) in [5.41, 5.74) is 5.21. The minimum Gasteiger partial charge on any atom is -0.354 e. The van der Waals surface area contributed by atoms with Crippen LogP contribution < -0.4 is 16.1 Å². The number of nitrogens with one attached hydrogen (secondary N) is 3. The number of benzene rings is 1. The molecule has 2 aliphatic heterocycles. The lowest BCUT2D eigenvalue weighted by Crippen LogP contribution is -2.66. The van der Waals surface area contributed by atoms with Crippen molar-refractivity contribution in [2.45, 2.75) is 84.2 Å². The second-order valence-corrected chi connectivity index (χ2v) is 10.2. The lowest BCUT2D eigenvalue weighted by atomic mass is 9.81. The topological polar surface area (TPSA) is 114 Å². The van der Waals surface area contributed by atoms with E-state index in [2.05, 4.69) is 16.1 Å². The number of hydrogen-bond acceptors (Lipinski definition) is 5. The van der Waals surface area contributed by atoms with E-state index >= 15 is 0 Å². The predicted octanol–water partition coefficient (Wildman–Crippen LogP) is 1.84. The summed E-state index contributed by atoms with van der Waals surface area (Å²) >= 11 is 0. The summed E-state index contributed by atoms with van der Waals surface area (Å²) < 4.78 is 0. The molecular formula is C26H38N6O4. The van der Waals surface area contributed by atoms with E-state index in [0.29, 0.717) is 6.54 Å². The molecule has 3 aliphatic rings. The molecule has 2 heterocycles. The second-order valence-electron chi connectivity index (χ2n) is 10.2. The molecule has 0 aromatic heterocycles. The van der Waals surface area contributed by atoms with Gasteiger partial charge in [-0.05, 0) is 38.7 Å². The third kappa shape index (κ3) is 5.64. The first-order valence-corrected chi connectivity index (χ1v) is 13.1. The van der Waals surface area contributed by atoms with Crippen molar-refractivity contribution in [1.82, 2.24) is 30.9 Å². The zero-order chi connectivity index (χ0) is 25.8. The van der Waals surface area contributed by atoms with Gasteiger partial charge in [-0.15, -0.1) is 0 Å². The van der Waals surface area contributed by atoms with Crippen LogP contribution in [0.5, 0.6) is 0 Å². The van der Waals surface area contributed by atoms with Crippen LogP contribution in [-0.2, 0) is 20.9 Å². The molecule has 36 heavy (non-hydrogen) atoms. The van der Waals surface area contributed by atoms with E-state index in [1.54, 1.807) is 9.80 Å². The Morgan fingerprint density at radius 2 is 1.83 bits per heavy atom. The Labute approximate surface area is 212 Å². The number of hydrazine groups is 1.